The zero-order chi connectivity index (χ0) is 21.5. The average Bonchev–Trinajstić information content (AvgIpc) is 3.45. The number of amides is 2. The van der Waals surface area contributed by atoms with E-state index in [-0.39, 0.29) is 29.5 Å². The number of hydrogen-bond donors (Lipinski definition) is 1. The van der Waals surface area contributed by atoms with Gasteiger partial charge in [0, 0.05) is 56.3 Å². The normalized spacial score (nSPS) is 21.8. The van der Waals surface area contributed by atoms with E-state index in [9.17, 15) is 14.0 Å². The lowest BCUT2D eigenvalue weighted by Gasteiger charge is -2.33. The number of fused-ring (bicyclic) bond motifs is 1. The molecule has 4 heterocycles. The molecule has 2 atom stereocenters. The molecule has 2 amide bonds. The SMILES string of the molecule is CN1C[C@@H](C(=O)N2CCC[C@@H](c3nc(Nc4cccc(F)c4)n4ccsc34)C2)CC1=O. The first-order chi connectivity index (χ1) is 15.0. The van der Waals surface area contributed by atoms with Crippen LogP contribution in [-0.2, 0) is 9.59 Å². The number of piperidine rings is 1. The second-order valence-corrected chi connectivity index (χ2v) is 9.23. The van der Waals surface area contributed by atoms with Gasteiger partial charge in [-0.2, -0.15) is 0 Å². The van der Waals surface area contributed by atoms with Gasteiger partial charge in [0.1, 0.15) is 10.6 Å². The van der Waals surface area contributed by atoms with Crippen LogP contribution >= 0.6 is 11.3 Å². The minimum absolute atomic E-state index is 0.0365. The van der Waals surface area contributed by atoms with Gasteiger partial charge in [0.25, 0.3) is 0 Å². The molecule has 1 aromatic carbocycles. The summed E-state index contributed by atoms with van der Waals surface area (Å²) in [6, 6.07) is 6.31. The first-order valence-electron chi connectivity index (χ1n) is 10.5. The van der Waals surface area contributed by atoms with Gasteiger partial charge >= 0.3 is 0 Å². The number of aromatic nitrogens is 2. The van der Waals surface area contributed by atoms with Crippen LogP contribution in [0.5, 0.6) is 0 Å². The first-order valence-corrected chi connectivity index (χ1v) is 11.4. The Kier molecular flexibility index (Phi) is 5.13. The van der Waals surface area contributed by atoms with Crippen molar-refractivity contribution in [2.75, 3.05) is 32.0 Å². The molecule has 162 valence electrons. The molecule has 5 rings (SSSR count). The largest absolute Gasteiger partial charge is 0.345 e. The van der Waals surface area contributed by atoms with Crippen LogP contribution in [0.4, 0.5) is 16.0 Å². The molecule has 0 unspecified atom stereocenters. The maximum Gasteiger partial charge on any atom is 0.228 e. The van der Waals surface area contributed by atoms with Crippen LogP contribution in [0, 0.1) is 11.7 Å². The molecule has 31 heavy (non-hydrogen) atoms. The number of nitrogens with one attached hydrogen (secondary N) is 1. The molecule has 2 aliphatic rings. The van der Waals surface area contributed by atoms with Crippen LogP contribution in [0.25, 0.3) is 4.83 Å². The number of imidazole rings is 1. The van der Waals surface area contributed by atoms with E-state index in [1.54, 1.807) is 35.4 Å². The van der Waals surface area contributed by atoms with Crippen LogP contribution in [-0.4, -0.2) is 57.7 Å². The van der Waals surface area contributed by atoms with Crippen molar-refractivity contribution in [3.8, 4) is 0 Å². The van der Waals surface area contributed by atoms with E-state index in [4.69, 9.17) is 4.98 Å². The standard InChI is InChI=1S/C22H24FN5O2S/c1-26-12-15(10-18(26)29)20(30)27-7-3-4-14(13-27)19-21-28(8-9-31-21)22(25-19)24-17-6-2-5-16(23)11-17/h2,5-6,8-9,11,14-15H,3-4,7,10,12-13H2,1H3,(H,24,25)/t14-,15+/m1/s1. The van der Waals surface area contributed by atoms with Gasteiger partial charge in [-0.05, 0) is 31.0 Å². The lowest BCUT2D eigenvalue weighted by Crippen LogP contribution is -2.43. The van der Waals surface area contributed by atoms with Gasteiger partial charge in [-0.3, -0.25) is 14.0 Å². The highest BCUT2D eigenvalue weighted by atomic mass is 32.1. The summed E-state index contributed by atoms with van der Waals surface area (Å²) in [5.74, 6) is 0.329. The zero-order valence-corrected chi connectivity index (χ0v) is 18.1. The Morgan fingerprint density at radius 1 is 1.32 bits per heavy atom. The lowest BCUT2D eigenvalue weighted by molar-refractivity contribution is -0.137. The van der Waals surface area contributed by atoms with Gasteiger partial charge in [-0.25, -0.2) is 9.37 Å². The maximum absolute atomic E-state index is 13.6. The summed E-state index contributed by atoms with van der Waals surface area (Å²) in [5, 5.41) is 5.22. The Morgan fingerprint density at radius 3 is 2.97 bits per heavy atom. The fourth-order valence-electron chi connectivity index (χ4n) is 4.58. The van der Waals surface area contributed by atoms with Gasteiger partial charge in [0.2, 0.25) is 17.8 Å². The third-order valence-corrected chi connectivity index (χ3v) is 7.06. The highest BCUT2D eigenvalue weighted by molar-refractivity contribution is 7.15. The molecule has 0 aliphatic carbocycles. The molecule has 0 bridgehead atoms. The van der Waals surface area contributed by atoms with Crippen LogP contribution < -0.4 is 5.32 Å². The van der Waals surface area contributed by atoms with Crippen LogP contribution in [0.2, 0.25) is 0 Å². The Morgan fingerprint density at radius 2 is 2.19 bits per heavy atom. The van der Waals surface area contributed by atoms with E-state index in [0.717, 1.165) is 29.9 Å². The van der Waals surface area contributed by atoms with E-state index in [1.165, 1.54) is 12.1 Å². The molecular weight excluding hydrogens is 417 g/mol. The number of carbonyl (C=O) groups excluding carboxylic acids is 2. The fraction of sp³-hybridized carbons (Fsp3) is 0.409. The second-order valence-electron chi connectivity index (χ2n) is 8.33. The predicted molar refractivity (Wildman–Crippen MR) is 117 cm³/mol. The summed E-state index contributed by atoms with van der Waals surface area (Å²) in [7, 11) is 1.75. The summed E-state index contributed by atoms with van der Waals surface area (Å²) >= 11 is 1.61. The maximum atomic E-state index is 13.6. The molecule has 0 spiro atoms. The minimum atomic E-state index is -0.305. The summed E-state index contributed by atoms with van der Waals surface area (Å²) < 4.78 is 15.6. The molecule has 7 nitrogen and oxygen atoms in total. The number of hydrogen-bond acceptors (Lipinski definition) is 5. The van der Waals surface area contributed by atoms with E-state index < -0.39 is 0 Å². The van der Waals surface area contributed by atoms with E-state index in [0.29, 0.717) is 31.1 Å². The third kappa shape index (κ3) is 3.78. The molecule has 2 saturated heterocycles. The Hall–Kier alpha value is -2.94. The van der Waals surface area contributed by atoms with Crippen molar-refractivity contribution < 1.29 is 14.0 Å². The Labute approximate surface area is 183 Å². The van der Waals surface area contributed by atoms with Crippen molar-refractivity contribution in [1.82, 2.24) is 19.2 Å². The topological polar surface area (TPSA) is 70.0 Å². The van der Waals surface area contributed by atoms with E-state index >= 15 is 0 Å². The zero-order valence-electron chi connectivity index (χ0n) is 17.3. The highest BCUT2D eigenvalue weighted by Gasteiger charge is 2.37. The smallest absolute Gasteiger partial charge is 0.228 e. The molecule has 2 aliphatic heterocycles. The van der Waals surface area contributed by atoms with Gasteiger partial charge in [0.05, 0.1) is 11.6 Å². The van der Waals surface area contributed by atoms with Gasteiger partial charge < -0.3 is 15.1 Å². The molecule has 0 saturated carbocycles. The third-order valence-electron chi connectivity index (χ3n) is 6.17. The van der Waals surface area contributed by atoms with Crippen molar-refractivity contribution in [3.05, 3.63) is 47.4 Å². The van der Waals surface area contributed by atoms with Gasteiger partial charge in [-0.15, -0.1) is 11.3 Å². The molecule has 0 radical (unpaired) electrons. The number of nitrogens with zero attached hydrogens (tertiary/aromatic N) is 4. The van der Waals surface area contributed by atoms with Gasteiger partial charge in [0.15, 0.2) is 0 Å². The lowest BCUT2D eigenvalue weighted by atomic mass is 9.94. The number of halogens is 1. The van der Waals surface area contributed by atoms with Crippen LogP contribution in [0.3, 0.4) is 0 Å². The summed E-state index contributed by atoms with van der Waals surface area (Å²) in [4.78, 5) is 34.3. The Balaban J connectivity index is 1.37. The molecule has 9 heteroatoms. The van der Waals surface area contributed by atoms with E-state index in [1.807, 2.05) is 20.9 Å². The summed E-state index contributed by atoms with van der Waals surface area (Å²) in [5.41, 5.74) is 1.60. The Bertz CT molecular complexity index is 1140. The predicted octanol–water partition coefficient (Wildman–Crippen LogP) is 3.46. The fourth-order valence-corrected chi connectivity index (χ4v) is 5.49. The molecule has 3 aromatic rings. The molecule has 2 fully saturated rings. The number of thiazole rings is 1. The number of carbonyl (C=O) groups is 2. The monoisotopic (exact) mass is 441 g/mol. The average molecular weight is 442 g/mol. The van der Waals surface area contributed by atoms with Crippen molar-refractivity contribution in [2.24, 2.45) is 5.92 Å². The summed E-state index contributed by atoms with van der Waals surface area (Å²) in [6.07, 6.45) is 4.11. The second kappa shape index (κ2) is 7.96. The highest BCUT2D eigenvalue weighted by Crippen LogP contribution is 2.35. The molecular formula is C22H24FN5O2S. The number of anilines is 2. The molecule has 2 aromatic heterocycles. The number of likely N-dealkylation sites (tertiary alicyclic amines) is 2. The number of benzene rings is 1. The van der Waals surface area contributed by atoms with Crippen molar-refractivity contribution >= 4 is 39.6 Å². The quantitative estimate of drug-likeness (QED) is 0.673. The van der Waals surface area contributed by atoms with Crippen LogP contribution in [0.1, 0.15) is 30.9 Å². The molecule has 1 N–H and O–H groups in total. The minimum Gasteiger partial charge on any atom is -0.345 e. The van der Waals surface area contributed by atoms with Gasteiger partial charge in [-0.1, -0.05) is 6.07 Å². The summed E-state index contributed by atoms with van der Waals surface area (Å²) in [6.45, 7) is 1.83. The van der Waals surface area contributed by atoms with Crippen molar-refractivity contribution in [1.29, 1.82) is 0 Å². The van der Waals surface area contributed by atoms with E-state index in [2.05, 4.69) is 5.32 Å². The van der Waals surface area contributed by atoms with Crippen LogP contribution in [0.15, 0.2) is 35.8 Å². The van der Waals surface area contributed by atoms with Crippen molar-refractivity contribution in [2.45, 2.75) is 25.2 Å². The van der Waals surface area contributed by atoms with Crippen molar-refractivity contribution in [3.63, 3.8) is 0 Å². The number of rotatable bonds is 4. The first kappa shape index (κ1) is 20.0.